The van der Waals surface area contributed by atoms with Gasteiger partial charge in [0, 0.05) is 18.8 Å². The highest BCUT2D eigenvalue weighted by atomic mass is 35.5. The highest BCUT2D eigenvalue weighted by Gasteiger charge is 1.94. The molecule has 0 atom stereocenters. The molecule has 12 heavy (non-hydrogen) atoms. The Labute approximate surface area is 79.7 Å². The van der Waals surface area contributed by atoms with Crippen LogP contribution in [0.25, 0.3) is 0 Å². The number of hydrogen-bond donors (Lipinski definition) is 1. The summed E-state index contributed by atoms with van der Waals surface area (Å²) in [7, 11) is 0. The fourth-order valence-electron chi connectivity index (χ4n) is 0.926. The summed E-state index contributed by atoms with van der Waals surface area (Å²) in [6.45, 7) is 2.68. The molecule has 0 saturated heterocycles. The molecule has 0 fully saturated rings. The largest absolute Gasteiger partial charge is 0.356 e. The summed E-state index contributed by atoms with van der Waals surface area (Å²) in [5.41, 5.74) is 0. The van der Waals surface area contributed by atoms with Crippen LogP contribution < -0.4 is 5.32 Å². The Balaban J connectivity index is 2.95. The van der Waals surface area contributed by atoms with Crippen molar-refractivity contribution in [1.29, 1.82) is 0 Å². The first-order chi connectivity index (χ1) is 5.81. The molecule has 0 unspecified atom stereocenters. The number of hydrogen-bond acceptors (Lipinski definition) is 1. The average Bonchev–Trinajstić information content (AvgIpc) is 2.10. The van der Waals surface area contributed by atoms with Gasteiger partial charge < -0.3 is 5.32 Å². The topological polar surface area (TPSA) is 29.1 Å². The molecule has 0 aromatic rings. The minimum atomic E-state index is 0.146. The van der Waals surface area contributed by atoms with Crippen molar-refractivity contribution >= 4 is 17.5 Å². The van der Waals surface area contributed by atoms with E-state index in [1.54, 1.807) is 0 Å². The number of rotatable bonds is 7. The van der Waals surface area contributed by atoms with E-state index in [-0.39, 0.29) is 5.91 Å². The van der Waals surface area contributed by atoms with E-state index in [4.69, 9.17) is 11.6 Å². The number of amides is 1. The van der Waals surface area contributed by atoms with Crippen molar-refractivity contribution in [2.75, 3.05) is 12.4 Å². The molecule has 3 heteroatoms. The Bertz CT molecular complexity index is 117. The van der Waals surface area contributed by atoms with Gasteiger partial charge in [0.05, 0.1) is 0 Å². The summed E-state index contributed by atoms with van der Waals surface area (Å²) in [4.78, 5) is 10.8. The second kappa shape index (κ2) is 8.85. The molecule has 0 aliphatic carbocycles. The molecule has 72 valence electrons. The van der Waals surface area contributed by atoms with E-state index in [0.29, 0.717) is 6.42 Å². The summed E-state index contributed by atoms with van der Waals surface area (Å²) in [6.07, 6.45) is 5.08. The van der Waals surface area contributed by atoms with Crippen LogP contribution in [0.2, 0.25) is 0 Å². The number of nitrogens with one attached hydrogen (secondary N) is 1. The number of unbranched alkanes of at least 4 members (excludes halogenated alkanes) is 3. The first kappa shape index (κ1) is 11.8. The molecule has 0 heterocycles. The smallest absolute Gasteiger partial charge is 0.219 e. The van der Waals surface area contributed by atoms with E-state index in [1.165, 1.54) is 6.42 Å². The minimum Gasteiger partial charge on any atom is -0.356 e. The third-order valence-corrected chi connectivity index (χ3v) is 1.97. The fraction of sp³-hybridized carbons (Fsp3) is 0.889. The summed E-state index contributed by atoms with van der Waals surface area (Å²) < 4.78 is 0. The summed E-state index contributed by atoms with van der Waals surface area (Å²) in [6, 6.07) is 0. The van der Waals surface area contributed by atoms with E-state index < -0.39 is 0 Å². The van der Waals surface area contributed by atoms with Crippen molar-refractivity contribution in [3.05, 3.63) is 0 Å². The number of carbonyl (C=O) groups excluding carboxylic acids is 1. The van der Waals surface area contributed by atoms with Crippen LogP contribution in [0.5, 0.6) is 0 Å². The maximum atomic E-state index is 10.8. The first-order valence-electron chi connectivity index (χ1n) is 4.64. The van der Waals surface area contributed by atoms with Gasteiger partial charge in [-0.2, -0.15) is 0 Å². The monoisotopic (exact) mass is 191 g/mol. The second-order valence-corrected chi connectivity index (χ2v) is 3.18. The maximum Gasteiger partial charge on any atom is 0.219 e. The zero-order valence-electron chi connectivity index (χ0n) is 7.74. The van der Waals surface area contributed by atoms with Gasteiger partial charge in [-0.3, -0.25) is 4.79 Å². The van der Waals surface area contributed by atoms with Gasteiger partial charge in [0.1, 0.15) is 0 Å². The van der Waals surface area contributed by atoms with Crippen molar-refractivity contribution in [2.24, 2.45) is 0 Å². The van der Waals surface area contributed by atoms with Crippen LogP contribution in [0.4, 0.5) is 0 Å². The Morgan fingerprint density at radius 2 is 1.92 bits per heavy atom. The van der Waals surface area contributed by atoms with E-state index in [9.17, 15) is 4.79 Å². The van der Waals surface area contributed by atoms with Gasteiger partial charge in [0.25, 0.3) is 0 Å². The molecule has 0 saturated carbocycles. The SMILES string of the molecule is CCC(=O)NCCCCCCCl. The van der Waals surface area contributed by atoms with Crippen molar-refractivity contribution in [1.82, 2.24) is 5.32 Å². The fourth-order valence-corrected chi connectivity index (χ4v) is 1.11. The zero-order chi connectivity index (χ0) is 9.23. The first-order valence-corrected chi connectivity index (χ1v) is 5.17. The third kappa shape index (κ3) is 7.86. The summed E-state index contributed by atoms with van der Waals surface area (Å²) >= 11 is 5.52. The lowest BCUT2D eigenvalue weighted by Gasteiger charge is -2.02. The molecular weight excluding hydrogens is 174 g/mol. The quantitative estimate of drug-likeness (QED) is 0.486. The molecule has 0 rings (SSSR count). The molecular formula is C9H18ClNO. The predicted octanol–water partition coefficient (Wildman–Crippen LogP) is 2.31. The highest BCUT2D eigenvalue weighted by molar-refractivity contribution is 6.17. The van der Waals surface area contributed by atoms with Crippen LogP contribution in [0, 0.1) is 0 Å². The van der Waals surface area contributed by atoms with Crippen LogP contribution >= 0.6 is 11.6 Å². The number of halogens is 1. The molecule has 0 radical (unpaired) electrons. The van der Waals surface area contributed by atoms with Crippen LogP contribution in [-0.4, -0.2) is 18.3 Å². The van der Waals surface area contributed by atoms with E-state index in [0.717, 1.165) is 31.7 Å². The van der Waals surface area contributed by atoms with Gasteiger partial charge in [-0.15, -0.1) is 11.6 Å². The van der Waals surface area contributed by atoms with Crippen LogP contribution in [0.1, 0.15) is 39.0 Å². The molecule has 1 N–H and O–H groups in total. The summed E-state index contributed by atoms with van der Waals surface area (Å²) in [5, 5.41) is 2.84. The van der Waals surface area contributed by atoms with Gasteiger partial charge in [-0.05, 0) is 12.8 Å². The third-order valence-electron chi connectivity index (χ3n) is 1.70. The van der Waals surface area contributed by atoms with Gasteiger partial charge in [0.2, 0.25) is 5.91 Å². The minimum absolute atomic E-state index is 0.146. The molecule has 0 aromatic heterocycles. The van der Waals surface area contributed by atoms with Crippen molar-refractivity contribution < 1.29 is 4.79 Å². The lowest BCUT2D eigenvalue weighted by Crippen LogP contribution is -2.23. The predicted molar refractivity (Wildman–Crippen MR) is 52.5 cm³/mol. The standard InChI is InChI=1S/C9H18ClNO/c1-2-9(12)11-8-6-4-3-5-7-10/h2-8H2,1H3,(H,11,12). The van der Waals surface area contributed by atoms with Crippen molar-refractivity contribution in [3.63, 3.8) is 0 Å². The van der Waals surface area contributed by atoms with Gasteiger partial charge in [-0.25, -0.2) is 0 Å². The second-order valence-electron chi connectivity index (χ2n) is 2.81. The van der Waals surface area contributed by atoms with Crippen LogP contribution in [0.3, 0.4) is 0 Å². The molecule has 0 aromatic carbocycles. The van der Waals surface area contributed by atoms with Crippen molar-refractivity contribution in [3.8, 4) is 0 Å². The van der Waals surface area contributed by atoms with Gasteiger partial charge in [0.15, 0.2) is 0 Å². The molecule has 0 spiro atoms. The van der Waals surface area contributed by atoms with E-state index in [1.807, 2.05) is 6.92 Å². The Morgan fingerprint density at radius 1 is 1.25 bits per heavy atom. The van der Waals surface area contributed by atoms with Crippen LogP contribution in [0.15, 0.2) is 0 Å². The Hall–Kier alpha value is -0.240. The maximum absolute atomic E-state index is 10.8. The molecule has 0 aliphatic heterocycles. The van der Waals surface area contributed by atoms with E-state index in [2.05, 4.69) is 5.32 Å². The zero-order valence-corrected chi connectivity index (χ0v) is 8.49. The molecule has 0 aliphatic rings. The lowest BCUT2D eigenvalue weighted by atomic mass is 10.2. The van der Waals surface area contributed by atoms with Gasteiger partial charge in [-0.1, -0.05) is 19.8 Å². The van der Waals surface area contributed by atoms with Crippen molar-refractivity contribution in [2.45, 2.75) is 39.0 Å². The van der Waals surface area contributed by atoms with Crippen LogP contribution in [-0.2, 0) is 4.79 Å². The molecule has 1 amide bonds. The van der Waals surface area contributed by atoms with Gasteiger partial charge >= 0.3 is 0 Å². The molecule has 0 bridgehead atoms. The normalized spacial score (nSPS) is 9.83. The average molecular weight is 192 g/mol. The number of alkyl halides is 1. The Morgan fingerprint density at radius 3 is 2.50 bits per heavy atom. The van der Waals surface area contributed by atoms with E-state index >= 15 is 0 Å². The Kier molecular flexibility index (Phi) is 8.68. The highest BCUT2D eigenvalue weighted by Crippen LogP contribution is 1.99. The lowest BCUT2D eigenvalue weighted by molar-refractivity contribution is -0.120. The summed E-state index contributed by atoms with van der Waals surface area (Å²) in [5.74, 6) is 0.897. The molecule has 2 nitrogen and oxygen atoms in total. The number of carbonyl (C=O) groups is 1.